The number of ether oxygens (including phenoxy) is 2. The van der Waals surface area contributed by atoms with Crippen molar-refractivity contribution in [2.24, 2.45) is 0 Å². The van der Waals surface area contributed by atoms with Crippen molar-refractivity contribution in [3.05, 3.63) is 112 Å². The number of hydrogen-bond acceptors (Lipinski definition) is 4. The summed E-state index contributed by atoms with van der Waals surface area (Å²) >= 11 is 3.48. The Bertz CT molecular complexity index is 1290. The summed E-state index contributed by atoms with van der Waals surface area (Å²) in [4.78, 5) is 12.7. The van der Waals surface area contributed by atoms with Crippen molar-refractivity contribution in [1.29, 1.82) is 0 Å². The fraction of sp³-hybridized carbons (Fsp3) is 0.233. The van der Waals surface area contributed by atoms with Crippen LogP contribution in [0, 0.1) is 0 Å². The Morgan fingerprint density at radius 1 is 0.914 bits per heavy atom. The van der Waals surface area contributed by atoms with Gasteiger partial charge in [-0.05, 0) is 65.2 Å². The van der Waals surface area contributed by atoms with Crippen LogP contribution in [-0.2, 0) is 11.3 Å². The van der Waals surface area contributed by atoms with E-state index < -0.39 is 0 Å². The molecule has 0 aliphatic carbocycles. The van der Waals surface area contributed by atoms with E-state index in [0.717, 1.165) is 40.3 Å². The molecule has 4 nitrogen and oxygen atoms in total. The van der Waals surface area contributed by atoms with Gasteiger partial charge >= 0.3 is 0 Å². The zero-order valence-electron chi connectivity index (χ0n) is 19.5. The van der Waals surface area contributed by atoms with Gasteiger partial charge in [-0.1, -0.05) is 76.6 Å². The quantitative estimate of drug-likeness (QED) is 0.263. The molecule has 35 heavy (non-hydrogen) atoms. The lowest BCUT2D eigenvalue weighted by Crippen LogP contribution is -2.40. The molecule has 1 heterocycles. The molecule has 5 heteroatoms. The molecule has 1 aliphatic heterocycles. The predicted octanol–water partition coefficient (Wildman–Crippen LogP) is 6.53. The summed E-state index contributed by atoms with van der Waals surface area (Å²) < 4.78 is 13.2. The van der Waals surface area contributed by atoms with Crippen LogP contribution in [0.1, 0.15) is 33.8 Å². The lowest BCUT2D eigenvalue weighted by atomic mass is 9.87. The van der Waals surface area contributed by atoms with E-state index in [1.54, 1.807) is 0 Å². The van der Waals surface area contributed by atoms with Gasteiger partial charge in [0.15, 0.2) is 12.4 Å². The molecule has 2 atom stereocenters. The third-order valence-corrected chi connectivity index (χ3v) is 7.08. The van der Waals surface area contributed by atoms with E-state index in [9.17, 15) is 4.79 Å². The van der Waals surface area contributed by atoms with Crippen LogP contribution in [0.2, 0.25) is 0 Å². The maximum absolute atomic E-state index is 12.7. The van der Waals surface area contributed by atoms with Gasteiger partial charge in [-0.15, -0.1) is 0 Å². The molecule has 1 fully saturated rings. The molecule has 0 amide bonds. The van der Waals surface area contributed by atoms with Gasteiger partial charge < -0.3 is 14.8 Å². The fourth-order valence-electron chi connectivity index (χ4n) is 4.58. The summed E-state index contributed by atoms with van der Waals surface area (Å²) in [7, 11) is 0. The van der Waals surface area contributed by atoms with Crippen molar-refractivity contribution in [2.75, 3.05) is 19.7 Å². The summed E-state index contributed by atoms with van der Waals surface area (Å²) in [5, 5.41) is 5.64. The number of piperidine rings is 1. The number of halogens is 1. The van der Waals surface area contributed by atoms with Crippen LogP contribution in [0.25, 0.3) is 10.8 Å². The van der Waals surface area contributed by atoms with E-state index >= 15 is 0 Å². The van der Waals surface area contributed by atoms with Crippen LogP contribution >= 0.6 is 15.9 Å². The standard InChI is InChI=1S/C30H28BrNO3/c31-26-11-5-21(6-12-26)19-35-30-18-32-16-15-28(30)23-9-13-27(14-10-23)34-20-29(33)25-8-7-22-3-1-2-4-24(22)17-25/h1-14,17,28,30,32H,15-16,18-20H2/t28-,30?/m1/s1. The lowest BCUT2D eigenvalue weighted by Gasteiger charge is -2.32. The van der Waals surface area contributed by atoms with Crippen LogP contribution < -0.4 is 10.1 Å². The predicted molar refractivity (Wildman–Crippen MR) is 143 cm³/mol. The normalized spacial score (nSPS) is 17.9. The molecule has 0 radical (unpaired) electrons. The molecule has 4 aromatic carbocycles. The van der Waals surface area contributed by atoms with Crippen molar-refractivity contribution in [2.45, 2.75) is 25.0 Å². The number of carbonyl (C=O) groups is 1. The average molecular weight is 530 g/mol. The molecule has 0 bridgehead atoms. The molecule has 0 aromatic heterocycles. The van der Waals surface area contributed by atoms with Crippen LogP contribution in [-0.4, -0.2) is 31.6 Å². The molecular weight excluding hydrogens is 502 g/mol. The molecule has 1 aliphatic rings. The molecule has 0 saturated carbocycles. The number of rotatable bonds is 8. The Labute approximate surface area is 214 Å². The van der Waals surface area contributed by atoms with E-state index in [-0.39, 0.29) is 18.5 Å². The first-order chi connectivity index (χ1) is 17.2. The highest BCUT2D eigenvalue weighted by Gasteiger charge is 2.27. The molecular formula is C30H28BrNO3. The number of carbonyl (C=O) groups excluding carboxylic acids is 1. The molecule has 1 N–H and O–H groups in total. The van der Waals surface area contributed by atoms with Gasteiger partial charge in [-0.3, -0.25) is 4.79 Å². The smallest absolute Gasteiger partial charge is 0.200 e. The second kappa shape index (κ2) is 11.2. The maximum Gasteiger partial charge on any atom is 0.200 e. The minimum absolute atomic E-state index is 0.0178. The van der Waals surface area contributed by atoms with Gasteiger partial charge in [0.25, 0.3) is 0 Å². The molecule has 4 aromatic rings. The van der Waals surface area contributed by atoms with Gasteiger partial charge in [0.1, 0.15) is 5.75 Å². The Morgan fingerprint density at radius 3 is 2.49 bits per heavy atom. The number of nitrogens with one attached hydrogen (secondary N) is 1. The summed E-state index contributed by atoms with van der Waals surface area (Å²) in [6, 6.07) is 30.2. The highest BCUT2D eigenvalue weighted by Crippen LogP contribution is 2.30. The molecule has 178 valence electrons. The Morgan fingerprint density at radius 2 is 1.69 bits per heavy atom. The first-order valence-corrected chi connectivity index (χ1v) is 12.8. The Kier molecular flexibility index (Phi) is 7.57. The summed E-state index contributed by atoms with van der Waals surface area (Å²) in [5.74, 6) is 0.990. The molecule has 1 saturated heterocycles. The van der Waals surface area contributed by atoms with Crippen LogP contribution in [0.5, 0.6) is 5.75 Å². The molecule has 0 spiro atoms. The number of fused-ring (bicyclic) bond motifs is 1. The molecule has 5 rings (SSSR count). The first-order valence-electron chi connectivity index (χ1n) is 12.0. The van der Waals surface area contributed by atoms with Gasteiger partial charge in [0, 0.05) is 22.5 Å². The van der Waals surface area contributed by atoms with Crippen molar-refractivity contribution in [3.63, 3.8) is 0 Å². The van der Waals surface area contributed by atoms with Gasteiger partial charge in [-0.2, -0.15) is 0 Å². The zero-order chi connectivity index (χ0) is 24.0. The second-order valence-corrected chi connectivity index (χ2v) is 9.83. The topological polar surface area (TPSA) is 47.6 Å². The Balaban J connectivity index is 1.19. The van der Waals surface area contributed by atoms with E-state index in [1.165, 1.54) is 5.56 Å². The van der Waals surface area contributed by atoms with Crippen molar-refractivity contribution < 1.29 is 14.3 Å². The summed E-state index contributed by atoms with van der Waals surface area (Å²) in [6.07, 6.45) is 1.12. The number of hydrogen-bond donors (Lipinski definition) is 1. The number of benzene rings is 4. The second-order valence-electron chi connectivity index (χ2n) is 8.92. The zero-order valence-corrected chi connectivity index (χ0v) is 21.0. The van der Waals surface area contributed by atoms with Gasteiger partial charge in [0.2, 0.25) is 0 Å². The third-order valence-electron chi connectivity index (χ3n) is 6.55. The summed E-state index contributed by atoms with van der Waals surface area (Å²) in [6.45, 7) is 2.42. The van der Waals surface area contributed by atoms with Crippen molar-refractivity contribution >= 4 is 32.5 Å². The van der Waals surface area contributed by atoms with E-state index in [1.807, 2.05) is 66.7 Å². The highest BCUT2D eigenvalue weighted by atomic mass is 79.9. The minimum Gasteiger partial charge on any atom is -0.485 e. The SMILES string of the molecule is O=C(COc1ccc([C@H]2CCNCC2OCc2ccc(Br)cc2)cc1)c1ccc2ccccc2c1. The number of ketones is 1. The monoisotopic (exact) mass is 529 g/mol. The largest absolute Gasteiger partial charge is 0.485 e. The molecule has 1 unspecified atom stereocenters. The van der Waals surface area contributed by atoms with E-state index in [0.29, 0.717) is 23.8 Å². The van der Waals surface area contributed by atoms with Crippen LogP contribution in [0.3, 0.4) is 0 Å². The third kappa shape index (κ3) is 5.99. The maximum atomic E-state index is 12.7. The van der Waals surface area contributed by atoms with Crippen LogP contribution in [0.4, 0.5) is 0 Å². The highest BCUT2D eigenvalue weighted by molar-refractivity contribution is 9.10. The van der Waals surface area contributed by atoms with Gasteiger partial charge in [-0.25, -0.2) is 0 Å². The van der Waals surface area contributed by atoms with Crippen molar-refractivity contribution in [3.8, 4) is 5.75 Å². The number of Topliss-reactive ketones (excluding diaryl/α,β-unsaturated/α-hetero) is 1. The van der Waals surface area contributed by atoms with Crippen molar-refractivity contribution in [1.82, 2.24) is 5.32 Å². The van der Waals surface area contributed by atoms with E-state index in [4.69, 9.17) is 9.47 Å². The Hall–Kier alpha value is -2.99. The van der Waals surface area contributed by atoms with Crippen LogP contribution in [0.15, 0.2) is 95.5 Å². The minimum atomic E-state index is -0.0282. The fourth-order valence-corrected chi connectivity index (χ4v) is 4.84. The van der Waals surface area contributed by atoms with Gasteiger partial charge in [0.05, 0.1) is 12.7 Å². The first kappa shape index (κ1) is 23.7. The lowest BCUT2D eigenvalue weighted by molar-refractivity contribution is 0.0106. The summed E-state index contributed by atoms with van der Waals surface area (Å²) in [5.41, 5.74) is 3.07. The average Bonchev–Trinajstić information content (AvgIpc) is 2.91. The van der Waals surface area contributed by atoms with E-state index in [2.05, 4.69) is 45.5 Å².